The van der Waals surface area contributed by atoms with Gasteiger partial charge >= 0.3 is 0 Å². The zero-order valence-corrected chi connectivity index (χ0v) is 22.0. The Labute approximate surface area is 226 Å². The summed E-state index contributed by atoms with van der Waals surface area (Å²) in [4.78, 5) is 26.8. The molecule has 5 aromatic rings. The molecule has 0 unspecified atom stereocenters. The van der Waals surface area contributed by atoms with Gasteiger partial charge in [0.25, 0.3) is 5.91 Å². The van der Waals surface area contributed by atoms with E-state index in [0.717, 1.165) is 41.1 Å². The van der Waals surface area contributed by atoms with Crippen molar-refractivity contribution in [3.05, 3.63) is 108 Å². The summed E-state index contributed by atoms with van der Waals surface area (Å²) >= 11 is 0. The lowest BCUT2D eigenvalue weighted by molar-refractivity contribution is 0.0945. The first-order chi connectivity index (χ1) is 19.1. The number of benzene rings is 2. The van der Waals surface area contributed by atoms with Crippen LogP contribution in [0.5, 0.6) is 11.5 Å². The number of fused-ring (bicyclic) bond motifs is 1. The Morgan fingerprint density at radius 3 is 2.77 bits per heavy atom. The SMILES string of the molecule is COc1ccc(CN(CCc2c[nH]c3ccccc23)Cc2nc(C(=O)NCc3cccnc3)co2)c(OC)c1. The number of carbonyl (C=O) groups is 1. The van der Waals surface area contributed by atoms with E-state index in [9.17, 15) is 4.79 Å². The van der Waals surface area contributed by atoms with Crippen LogP contribution in [-0.2, 0) is 26.1 Å². The number of amides is 1. The van der Waals surface area contributed by atoms with Crippen LogP contribution < -0.4 is 14.8 Å². The number of H-pyrrole nitrogens is 1. The van der Waals surface area contributed by atoms with Crippen LogP contribution in [0, 0.1) is 0 Å². The fourth-order valence-electron chi connectivity index (χ4n) is 4.51. The number of pyridine rings is 1. The number of aromatic amines is 1. The minimum atomic E-state index is -0.295. The van der Waals surface area contributed by atoms with Crippen LogP contribution in [0.3, 0.4) is 0 Å². The summed E-state index contributed by atoms with van der Waals surface area (Å²) in [5, 5.41) is 4.07. The van der Waals surface area contributed by atoms with Crippen LogP contribution in [0.2, 0.25) is 0 Å². The Kier molecular flexibility index (Phi) is 8.18. The lowest BCUT2D eigenvalue weighted by Crippen LogP contribution is -2.26. The number of hydrogen-bond donors (Lipinski definition) is 2. The number of nitrogens with zero attached hydrogens (tertiary/aromatic N) is 3. The highest BCUT2D eigenvalue weighted by molar-refractivity contribution is 5.91. The Bertz CT molecular complexity index is 1530. The van der Waals surface area contributed by atoms with Gasteiger partial charge in [0.05, 0.1) is 20.8 Å². The first kappa shape index (κ1) is 26.0. The van der Waals surface area contributed by atoms with Gasteiger partial charge in [0.15, 0.2) is 5.69 Å². The van der Waals surface area contributed by atoms with Crippen LogP contribution in [0.15, 0.2) is 83.9 Å². The maximum atomic E-state index is 12.7. The van der Waals surface area contributed by atoms with Gasteiger partial charge in [0, 0.05) is 60.8 Å². The van der Waals surface area contributed by atoms with Crippen molar-refractivity contribution < 1.29 is 18.7 Å². The van der Waals surface area contributed by atoms with E-state index in [0.29, 0.717) is 25.5 Å². The van der Waals surface area contributed by atoms with Gasteiger partial charge in [-0.2, -0.15) is 0 Å². The first-order valence-electron chi connectivity index (χ1n) is 12.7. The van der Waals surface area contributed by atoms with Crippen LogP contribution in [0.1, 0.15) is 33.1 Å². The van der Waals surface area contributed by atoms with Crippen molar-refractivity contribution in [3.8, 4) is 11.5 Å². The number of methoxy groups -OCH3 is 2. The molecule has 0 aliphatic rings. The Hall–Kier alpha value is -4.63. The maximum Gasteiger partial charge on any atom is 0.273 e. The zero-order chi connectivity index (χ0) is 27.0. The van der Waals surface area contributed by atoms with Gasteiger partial charge in [0.2, 0.25) is 5.89 Å². The first-order valence-corrected chi connectivity index (χ1v) is 12.7. The smallest absolute Gasteiger partial charge is 0.273 e. The molecule has 3 heterocycles. The van der Waals surface area contributed by atoms with Crippen LogP contribution in [-0.4, -0.2) is 46.5 Å². The lowest BCUT2D eigenvalue weighted by Gasteiger charge is -2.22. The Balaban J connectivity index is 1.31. The largest absolute Gasteiger partial charge is 0.497 e. The van der Waals surface area contributed by atoms with E-state index in [1.807, 2.05) is 42.5 Å². The van der Waals surface area contributed by atoms with Crippen molar-refractivity contribution in [2.45, 2.75) is 26.1 Å². The topological polar surface area (TPSA) is 106 Å². The summed E-state index contributed by atoms with van der Waals surface area (Å²) in [7, 11) is 3.29. The van der Waals surface area contributed by atoms with Gasteiger partial charge in [0.1, 0.15) is 17.8 Å². The van der Waals surface area contributed by atoms with Gasteiger partial charge in [-0.15, -0.1) is 0 Å². The van der Waals surface area contributed by atoms with E-state index in [1.165, 1.54) is 17.2 Å². The fraction of sp³-hybridized carbons (Fsp3) is 0.233. The molecule has 9 nitrogen and oxygen atoms in total. The molecule has 1 amide bonds. The van der Waals surface area contributed by atoms with E-state index in [2.05, 4.69) is 43.5 Å². The van der Waals surface area contributed by atoms with E-state index >= 15 is 0 Å². The van der Waals surface area contributed by atoms with Gasteiger partial charge in [-0.3, -0.25) is 14.7 Å². The number of oxazole rings is 1. The highest BCUT2D eigenvalue weighted by Crippen LogP contribution is 2.27. The molecule has 0 aliphatic heterocycles. The van der Waals surface area contributed by atoms with E-state index < -0.39 is 0 Å². The normalized spacial score (nSPS) is 11.2. The van der Waals surface area contributed by atoms with Gasteiger partial charge in [-0.25, -0.2) is 4.98 Å². The summed E-state index contributed by atoms with van der Waals surface area (Å²) in [6, 6.07) is 17.8. The number of para-hydroxylation sites is 1. The number of rotatable bonds is 12. The number of carbonyl (C=O) groups excluding carboxylic acids is 1. The molecule has 0 radical (unpaired) electrons. The minimum absolute atomic E-state index is 0.243. The highest BCUT2D eigenvalue weighted by Gasteiger charge is 2.18. The van der Waals surface area contributed by atoms with Crippen LogP contribution in [0.25, 0.3) is 10.9 Å². The molecule has 39 heavy (non-hydrogen) atoms. The average molecular weight is 526 g/mol. The summed E-state index contributed by atoms with van der Waals surface area (Å²) < 4.78 is 16.7. The van der Waals surface area contributed by atoms with Crippen molar-refractivity contribution >= 4 is 16.8 Å². The Morgan fingerprint density at radius 2 is 1.95 bits per heavy atom. The molecule has 0 spiro atoms. The molecule has 0 aliphatic carbocycles. The summed E-state index contributed by atoms with van der Waals surface area (Å²) in [6.07, 6.45) is 7.70. The fourth-order valence-corrected chi connectivity index (χ4v) is 4.51. The molecule has 2 aromatic carbocycles. The molecular weight excluding hydrogens is 494 g/mol. The van der Waals surface area contributed by atoms with Gasteiger partial charge < -0.3 is 24.2 Å². The number of ether oxygens (including phenoxy) is 2. The minimum Gasteiger partial charge on any atom is -0.497 e. The molecule has 0 bridgehead atoms. The maximum absolute atomic E-state index is 12.7. The van der Waals surface area contributed by atoms with Crippen molar-refractivity contribution in [1.29, 1.82) is 0 Å². The number of hydrogen-bond acceptors (Lipinski definition) is 7. The van der Waals surface area contributed by atoms with Crippen molar-refractivity contribution in [2.75, 3.05) is 20.8 Å². The summed E-state index contributed by atoms with van der Waals surface area (Å²) in [5.41, 5.74) is 4.52. The van der Waals surface area contributed by atoms with Crippen LogP contribution >= 0.6 is 0 Å². The van der Waals surface area contributed by atoms with Crippen molar-refractivity contribution in [1.82, 2.24) is 25.2 Å². The summed E-state index contributed by atoms with van der Waals surface area (Å²) in [6.45, 7) is 2.12. The predicted octanol–water partition coefficient (Wildman–Crippen LogP) is 4.74. The average Bonchev–Trinajstić information content (AvgIpc) is 3.62. The molecule has 0 atom stereocenters. The van der Waals surface area contributed by atoms with E-state index in [1.54, 1.807) is 26.6 Å². The van der Waals surface area contributed by atoms with Crippen LogP contribution in [0.4, 0.5) is 0 Å². The van der Waals surface area contributed by atoms with E-state index in [-0.39, 0.29) is 11.6 Å². The Morgan fingerprint density at radius 1 is 1.05 bits per heavy atom. The molecule has 0 saturated carbocycles. The zero-order valence-electron chi connectivity index (χ0n) is 22.0. The van der Waals surface area contributed by atoms with Gasteiger partial charge in [-0.1, -0.05) is 30.3 Å². The van der Waals surface area contributed by atoms with Crippen molar-refractivity contribution in [2.24, 2.45) is 0 Å². The molecule has 200 valence electrons. The molecule has 3 aromatic heterocycles. The second kappa shape index (κ2) is 12.3. The lowest BCUT2D eigenvalue weighted by atomic mass is 10.1. The third-order valence-corrected chi connectivity index (χ3v) is 6.58. The monoisotopic (exact) mass is 525 g/mol. The molecule has 9 heteroatoms. The third-order valence-electron chi connectivity index (χ3n) is 6.58. The predicted molar refractivity (Wildman–Crippen MR) is 148 cm³/mol. The molecule has 0 saturated heterocycles. The number of aromatic nitrogens is 3. The third kappa shape index (κ3) is 6.45. The molecular formula is C30H31N5O4. The highest BCUT2D eigenvalue weighted by atomic mass is 16.5. The molecule has 5 rings (SSSR count). The molecule has 0 fully saturated rings. The quantitative estimate of drug-likeness (QED) is 0.242. The van der Waals surface area contributed by atoms with Crippen molar-refractivity contribution in [3.63, 3.8) is 0 Å². The summed E-state index contributed by atoms with van der Waals surface area (Å²) in [5.74, 6) is 1.65. The molecule has 2 N–H and O–H groups in total. The van der Waals surface area contributed by atoms with Gasteiger partial charge in [-0.05, 0) is 35.7 Å². The number of nitrogens with one attached hydrogen (secondary N) is 2. The second-order valence-electron chi connectivity index (χ2n) is 9.17. The van der Waals surface area contributed by atoms with E-state index in [4.69, 9.17) is 13.9 Å². The standard InChI is InChI=1S/C30H31N5O4/c1-37-24-10-9-23(28(14-24)38-2)18-35(13-11-22-17-32-26-8-4-3-7-25(22)26)19-29-34-27(20-39-29)30(36)33-16-21-6-5-12-31-15-21/h3-10,12,14-15,17,20,32H,11,13,16,18-19H2,1-2H3,(H,33,36). The second-order valence-corrected chi connectivity index (χ2v) is 9.17.